The molecule has 5 rings (SSSR count). The normalized spacial score (nSPS) is 21.8. The fourth-order valence-electron chi connectivity index (χ4n) is 4.03. The molecule has 2 atom stereocenters. The van der Waals surface area contributed by atoms with Crippen molar-refractivity contribution in [2.24, 2.45) is 0 Å². The lowest BCUT2D eigenvalue weighted by atomic mass is 9.89. The molecule has 0 saturated carbocycles. The second-order valence-electron chi connectivity index (χ2n) is 7.70. The number of rotatable bonds is 4. The summed E-state index contributed by atoms with van der Waals surface area (Å²) in [5.74, 6) is -1.99. The van der Waals surface area contributed by atoms with Gasteiger partial charge in [-0.15, -0.1) is 0 Å². The van der Waals surface area contributed by atoms with Gasteiger partial charge in [0, 0.05) is 13.6 Å². The number of nitrogens with zero attached hydrogens (tertiary/aromatic N) is 3. The number of benzene rings is 1. The summed E-state index contributed by atoms with van der Waals surface area (Å²) in [5.41, 5.74) is -1.99. The van der Waals surface area contributed by atoms with E-state index in [0.29, 0.717) is 18.4 Å². The van der Waals surface area contributed by atoms with E-state index in [1.165, 1.54) is 35.9 Å². The first-order valence-corrected chi connectivity index (χ1v) is 9.68. The van der Waals surface area contributed by atoms with Crippen LogP contribution in [0.5, 0.6) is 5.75 Å². The molecule has 3 aliphatic rings. The Kier molecular flexibility index (Phi) is 5.13. The Morgan fingerprint density at radius 2 is 2.10 bits per heavy atom. The molecule has 1 aromatic carbocycles. The zero-order chi connectivity index (χ0) is 22.3. The summed E-state index contributed by atoms with van der Waals surface area (Å²) in [5, 5.41) is 22.5. The van der Waals surface area contributed by atoms with Gasteiger partial charge >= 0.3 is 6.09 Å². The second kappa shape index (κ2) is 7.65. The fraction of sp³-hybridized carbons (Fsp3) is 0.400. The van der Waals surface area contributed by atoms with Gasteiger partial charge in [0.2, 0.25) is 5.75 Å². The highest BCUT2D eigenvalue weighted by Crippen LogP contribution is 2.40. The predicted molar refractivity (Wildman–Crippen MR) is 104 cm³/mol. The SMILES string of the molecule is CN(C(=O)O)C12CCC(Cn3c1nc(C(=O)NCc1ccc(F)cc1)c(O)c3=O)OC2. The molecule has 2 unspecified atom stereocenters. The van der Waals surface area contributed by atoms with Gasteiger partial charge in [0.25, 0.3) is 11.5 Å². The number of amides is 2. The molecule has 4 heterocycles. The second-order valence-corrected chi connectivity index (χ2v) is 7.70. The third-order valence-corrected chi connectivity index (χ3v) is 5.90. The number of carbonyl (C=O) groups excluding carboxylic acids is 1. The van der Waals surface area contributed by atoms with E-state index in [1.54, 1.807) is 0 Å². The van der Waals surface area contributed by atoms with Crippen molar-refractivity contribution in [1.82, 2.24) is 19.8 Å². The van der Waals surface area contributed by atoms with Gasteiger partial charge in [0.05, 0.1) is 19.3 Å². The molecule has 2 bridgehead atoms. The van der Waals surface area contributed by atoms with E-state index >= 15 is 0 Å². The third-order valence-electron chi connectivity index (χ3n) is 5.90. The van der Waals surface area contributed by atoms with Gasteiger partial charge in [-0.05, 0) is 30.5 Å². The van der Waals surface area contributed by atoms with Crippen LogP contribution in [-0.2, 0) is 23.4 Å². The molecular weight excluding hydrogens is 411 g/mol. The summed E-state index contributed by atoms with van der Waals surface area (Å²) in [6.45, 7) is 0.0970. The molecule has 0 aliphatic carbocycles. The monoisotopic (exact) mass is 432 g/mol. The van der Waals surface area contributed by atoms with Crippen LogP contribution in [0.4, 0.5) is 9.18 Å². The van der Waals surface area contributed by atoms with Crippen LogP contribution in [0.1, 0.15) is 34.7 Å². The van der Waals surface area contributed by atoms with Crippen LogP contribution >= 0.6 is 0 Å². The molecule has 1 fully saturated rings. The van der Waals surface area contributed by atoms with Crippen LogP contribution in [0, 0.1) is 5.82 Å². The molecule has 31 heavy (non-hydrogen) atoms. The number of halogens is 1. The van der Waals surface area contributed by atoms with Crippen molar-refractivity contribution in [1.29, 1.82) is 0 Å². The highest BCUT2D eigenvalue weighted by Gasteiger charge is 2.50. The Hall–Kier alpha value is -3.47. The summed E-state index contributed by atoms with van der Waals surface area (Å²) >= 11 is 0. The Balaban J connectivity index is 1.73. The minimum absolute atomic E-state index is 0.0179. The highest BCUT2D eigenvalue weighted by molar-refractivity contribution is 5.94. The molecule has 164 valence electrons. The van der Waals surface area contributed by atoms with Crippen molar-refractivity contribution >= 4 is 12.0 Å². The Morgan fingerprint density at radius 1 is 1.39 bits per heavy atom. The number of aromatic nitrogens is 2. The van der Waals surface area contributed by atoms with Crippen LogP contribution in [0.25, 0.3) is 0 Å². The van der Waals surface area contributed by atoms with E-state index in [-0.39, 0.29) is 31.6 Å². The molecule has 1 aromatic heterocycles. The average Bonchev–Trinajstić information content (AvgIpc) is 3.02. The van der Waals surface area contributed by atoms with Crippen molar-refractivity contribution in [2.45, 2.75) is 37.6 Å². The average molecular weight is 432 g/mol. The van der Waals surface area contributed by atoms with Gasteiger partial charge in [-0.1, -0.05) is 12.1 Å². The van der Waals surface area contributed by atoms with E-state index < -0.39 is 40.4 Å². The van der Waals surface area contributed by atoms with E-state index in [9.17, 15) is 29.0 Å². The van der Waals surface area contributed by atoms with Crippen molar-refractivity contribution in [2.75, 3.05) is 13.7 Å². The first-order chi connectivity index (χ1) is 14.7. The third kappa shape index (κ3) is 3.50. The Labute approximate surface area is 175 Å². The van der Waals surface area contributed by atoms with E-state index in [0.717, 1.165) is 4.90 Å². The number of carbonyl (C=O) groups is 2. The minimum atomic E-state index is -1.27. The minimum Gasteiger partial charge on any atom is -0.501 e. The quantitative estimate of drug-likeness (QED) is 0.657. The number of hydrogen-bond acceptors (Lipinski definition) is 6. The van der Waals surface area contributed by atoms with Crippen molar-refractivity contribution in [3.8, 4) is 5.75 Å². The van der Waals surface area contributed by atoms with Crippen molar-refractivity contribution in [3.63, 3.8) is 0 Å². The summed E-state index contributed by atoms with van der Waals surface area (Å²) in [6, 6.07) is 5.46. The van der Waals surface area contributed by atoms with Gasteiger partial charge in [-0.3, -0.25) is 19.1 Å². The fourth-order valence-corrected chi connectivity index (χ4v) is 4.03. The van der Waals surface area contributed by atoms with Crippen LogP contribution in [0.2, 0.25) is 0 Å². The van der Waals surface area contributed by atoms with Crippen LogP contribution in [0.3, 0.4) is 0 Å². The summed E-state index contributed by atoms with van der Waals surface area (Å²) < 4.78 is 20.0. The first-order valence-electron chi connectivity index (χ1n) is 9.68. The number of hydrogen-bond donors (Lipinski definition) is 3. The largest absolute Gasteiger partial charge is 0.501 e. The number of likely N-dealkylation sites (N-methyl/N-ethyl adjacent to an activating group) is 1. The van der Waals surface area contributed by atoms with E-state index in [4.69, 9.17) is 4.74 Å². The first kappa shape index (κ1) is 20.8. The lowest BCUT2D eigenvalue weighted by Crippen LogP contribution is -2.53. The zero-order valence-corrected chi connectivity index (χ0v) is 16.7. The van der Waals surface area contributed by atoms with Gasteiger partial charge in [-0.25, -0.2) is 14.2 Å². The molecule has 10 nitrogen and oxygen atoms in total. The Morgan fingerprint density at radius 3 is 2.71 bits per heavy atom. The molecular formula is C20H21FN4O6. The predicted octanol–water partition coefficient (Wildman–Crippen LogP) is 1.02. The van der Waals surface area contributed by atoms with Crippen LogP contribution in [0.15, 0.2) is 29.1 Å². The van der Waals surface area contributed by atoms with Gasteiger partial charge in [0.15, 0.2) is 5.69 Å². The molecule has 3 N–H and O–H groups in total. The molecule has 1 saturated heterocycles. The molecule has 0 radical (unpaired) electrons. The number of fused-ring (bicyclic) bond motifs is 2. The smallest absolute Gasteiger partial charge is 0.407 e. The number of ether oxygens (including phenoxy) is 1. The van der Waals surface area contributed by atoms with E-state index in [2.05, 4.69) is 10.3 Å². The van der Waals surface area contributed by atoms with E-state index in [1.807, 2.05) is 0 Å². The molecule has 2 aromatic rings. The van der Waals surface area contributed by atoms with Crippen molar-refractivity contribution < 1.29 is 28.9 Å². The summed E-state index contributed by atoms with van der Waals surface area (Å²) in [6.07, 6.45) is -0.713. The molecule has 11 heteroatoms. The van der Waals surface area contributed by atoms with Gasteiger partial charge < -0.3 is 20.3 Å². The Bertz CT molecular complexity index is 1090. The zero-order valence-electron chi connectivity index (χ0n) is 16.7. The maximum Gasteiger partial charge on any atom is 0.407 e. The maximum absolute atomic E-state index is 13.0. The van der Waals surface area contributed by atoms with Gasteiger partial charge in [0.1, 0.15) is 17.2 Å². The molecule has 2 amide bonds. The molecule has 3 aliphatic heterocycles. The maximum atomic E-state index is 13.0. The number of aromatic hydroxyl groups is 1. The van der Waals surface area contributed by atoms with Crippen LogP contribution < -0.4 is 10.9 Å². The lowest BCUT2D eigenvalue weighted by molar-refractivity contribution is -0.0707. The van der Waals surface area contributed by atoms with Gasteiger partial charge in [-0.2, -0.15) is 0 Å². The highest BCUT2D eigenvalue weighted by atomic mass is 19.1. The van der Waals surface area contributed by atoms with Crippen molar-refractivity contribution in [3.05, 3.63) is 57.5 Å². The summed E-state index contributed by atoms with van der Waals surface area (Å²) in [4.78, 5) is 42.7. The topological polar surface area (TPSA) is 134 Å². The lowest BCUT2D eigenvalue weighted by Gasteiger charge is -2.41. The number of carboxylic acid groups (broad SMARTS) is 1. The standard InChI is InChI=1S/C20H21FN4O6/c1-24(19(29)30)20-7-6-13(31-10-20)9-25-17(28)15(26)14(23-18(20)25)16(27)22-8-11-2-4-12(21)5-3-11/h2-5,13,26H,6-10H2,1H3,(H,22,27)(H,29,30). The van der Waals surface area contributed by atoms with Crippen LogP contribution in [-0.4, -0.2) is 56.4 Å². The molecule has 0 spiro atoms. The number of nitrogens with one attached hydrogen (secondary N) is 1. The summed E-state index contributed by atoms with van der Waals surface area (Å²) in [7, 11) is 1.36.